The highest BCUT2D eigenvalue weighted by Crippen LogP contribution is 2.29. The molecule has 0 aliphatic carbocycles. The van der Waals surface area contributed by atoms with Crippen molar-refractivity contribution in [3.8, 4) is 5.75 Å². The zero-order valence-electron chi connectivity index (χ0n) is 16.3. The van der Waals surface area contributed by atoms with Crippen LogP contribution in [-0.4, -0.2) is 38.6 Å². The van der Waals surface area contributed by atoms with Crippen molar-refractivity contribution in [2.45, 2.75) is 19.1 Å². The van der Waals surface area contributed by atoms with E-state index in [1.807, 2.05) is 0 Å². The summed E-state index contributed by atoms with van der Waals surface area (Å²) in [6.45, 7) is 1.66. The lowest BCUT2D eigenvalue weighted by Crippen LogP contribution is -3.14. The predicted octanol–water partition coefficient (Wildman–Crippen LogP) is 2.19. The smallest absolute Gasteiger partial charge is 0.416 e. The first-order valence-electron chi connectivity index (χ1n) is 8.84. The largest absolute Gasteiger partial charge is 0.497 e. The van der Waals surface area contributed by atoms with Crippen LogP contribution in [0.25, 0.3) is 0 Å². The summed E-state index contributed by atoms with van der Waals surface area (Å²) in [6.07, 6.45) is -4.43. The molecular formula is C20H23F3N3O3+. The molecule has 0 radical (unpaired) electrons. The van der Waals surface area contributed by atoms with Gasteiger partial charge in [0.05, 0.1) is 19.7 Å². The number of amides is 2. The van der Waals surface area contributed by atoms with Crippen LogP contribution in [-0.2, 0) is 15.8 Å². The first kappa shape index (κ1) is 22.2. The van der Waals surface area contributed by atoms with Gasteiger partial charge < -0.3 is 20.3 Å². The molecule has 0 aliphatic rings. The van der Waals surface area contributed by atoms with Crippen molar-refractivity contribution < 1.29 is 32.4 Å². The highest BCUT2D eigenvalue weighted by atomic mass is 19.4. The Kier molecular flexibility index (Phi) is 7.22. The van der Waals surface area contributed by atoms with E-state index in [2.05, 4.69) is 10.6 Å². The van der Waals surface area contributed by atoms with Gasteiger partial charge in [-0.25, -0.2) is 0 Å². The molecule has 0 aromatic heterocycles. The highest BCUT2D eigenvalue weighted by Gasteiger charge is 2.30. The number of carbonyl (C=O) groups excluding carboxylic acids is 2. The molecule has 2 atom stereocenters. The minimum atomic E-state index is -4.43. The molecule has 156 valence electrons. The van der Waals surface area contributed by atoms with E-state index in [1.54, 1.807) is 38.2 Å². The lowest BCUT2D eigenvalue weighted by atomic mass is 10.2. The van der Waals surface area contributed by atoms with E-state index in [-0.39, 0.29) is 18.1 Å². The Morgan fingerprint density at radius 3 is 2.31 bits per heavy atom. The number of hydrogen-bond acceptors (Lipinski definition) is 3. The van der Waals surface area contributed by atoms with Crippen molar-refractivity contribution in [3.63, 3.8) is 0 Å². The van der Waals surface area contributed by atoms with Gasteiger partial charge in [0, 0.05) is 17.4 Å². The van der Waals surface area contributed by atoms with E-state index in [9.17, 15) is 22.8 Å². The summed E-state index contributed by atoms with van der Waals surface area (Å²) in [5.74, 6) is -0.0887. The number of alkyl halides is 3. The number of methoxy groups -OCH3 is 1. The van der Waals surface area contributed by atoms with Crippen LogP contribution in [0, 0.1) is 0 Å². The van der Waals surface area contributed by atoms with Gasteiger partial charge in [0.2, 0.25) is 0 Å². The molecule has 0 spiro atoms. The molecule has 0 heterocycles. The third-order valence-electron chi connectivity index (χ3n) is 4.41. The summed E-state index contributed by atoms with van der Waals surface area (Å²) in [4.78, 5) is 25.2. The quantitative estimate of drug-likeness (QED) is 0.655. The SMILES string of the molecule is COc1cccc(NC(=O)C[NH+](C)[C@H](C)C(=O)Nc2ccc(C(F)(F)F)cc2)c1. The van der Waals surface area contributed by atoms with Crippen molar-refractivity contribution in [2.24, 2.45) is 0 Å². The van der Waals surface area contributed by atoms with Crippen molar-refractivity contribution in [3.05, 3.63) is 54.1 Å². The van der Waals surface area contributed by atoms with E-state index >= 15 is 0 Å². The Morgan fingerprint density at radius 1 is 1.07 bits per heavy atom. The molecular weight excluding hydrogens is 387 g/mol. The number of rotatable bonds is 7. The van der Waals surface area contributed by atoms with Crippen molar-refractivity contribution >= 4 is 23.2 Å². The summed E-state index contributed by atoms with van der Waals surface area (Å²) in [6, 6.07) is 10.5. The van der Waals surface area contributed by atoms with Crippen LogP contribution in [0.15, 0.2) is 48.5 Å². The summed E-state index contributed by atoms with van der Waals surface area (Å²) in [5, 5.41) is 5.30. The number of hydrogen-bond donors (Lipinski definition) is 3. The maximum atomic E-state index is 12.6. The van der Waals surface area contributed by atoms with Crippen LogP contribution < -0.4 is 20.3 Å². The average Bonchev–Trinajstić information content (AvgIpc) is 2.67. The normalized spacial score (nSPS) is 13.3. The first-order valence-corrected chi connectivity index (χ1v) is 8.84. The van der Waals surface area contributed by atoms with E-state index in [1.165, 1.54) is 19.2 Å². The van der Waals surface area contributed by atoms with Gasteiger partial charge in [0.1, 0.15) is 5.75 Å². The molecule has 2 rings (SSSR count). The van der Waals surface area contributed by atoms with Gasteiger partial charge in [0.15, 0.2) is 12.6 Å². The van der Waals surface area contributed by atoms with Crippen LogP contribution in [0.4, 0.5) is 24.5 Å². The molecule has 0 fully saturated rings. The summed E-state index contributed by atoms with van der Waals surface area (Å²) >= 11 is 0. The Balaban J connectivity index is 1.90. The van der Waals surface area contributed by atoms with Gasteiger partial charge in [-0.15, -0.1) is 0 Å². The van der Waals surface area contributed by atoms with Crippen LogP contribution in [0.5, 0.6) is 5.75 Å². The Morgan fingerprint density at radius 2 is 1.72 bits per heavy atom. The third-order valence-corrected chi connectivity index (χ3v) is 4.41. The minimum Gasteiger partial charge on any atom is -0.497 e. The number of quaternary nitrogens is 1. The molecule has 0 bridgehead atoms. The number of benzene rings is 2. The average molecular weight is 410 g/mol. The molecule has 6 nitrogen and oxygen atoms in total. The topological polar surface area (TPSA) is 71.9 Å². The second kappa shape index (κ2) is 9.42. The molecule has 2 amide bonds. The number of likely N-dealkylation sites (N-methyl/N-ethyl adjacent to an activating group) is 1. The molecule has 29 heavy (non-hydrogen) atoms. The molecule has 3 N–H and O–H groups in total. The second-order valence-corrected chi connectivity index (χ2v) is 6.59. The predicted molar refractivity (Wildman–Crippen MR) is 103 cm³/mol. The van der Waals surface area contributed by atoms with Gasteiger partial charge in [-0.1, -0.05) is 6.07 Å². The van der Waals surface area contributed by atoms with Crippen LogP contribution in [0.1, 0.15) is 12.5 Å². The number of nitrogens with one attached hydrogen (secondary N) is 3. The molecule has 0 saturated carbocycles. The van der Waals surface area contributed by atoms with Gasteiger partial charge in [0.25, 0.3) is 11.8 Å². The maximum absolute atomic E-state index is 12.6. The van der Waals surface area contributed by atoms with Gasteiger partial charge in [-0.3, -0.25) is 9.59 Å². The number of carbonyl (C=O) groups is 2. The molecule has 9 heteroatoms. The van der Waals surface area contributed by atoms with E-state index < -0.39 is 23.7 Å². The number of anilines is 2. The molecule has 1 unspecified atom stereocenters. The summed E-state index contributed by atoms with van der Waals surface area (Å²) < 4.78 is 42.9. The van der Waals surface area contributed by atoms with Crippen molar-refractivity contribution in [1.29, 1.82) is 0 Å². The zero-order valence-corrected chi connectivity index (χ0v) is 16.3. The van der Waals surface area contributed by atoms with Gasteiger partial charge in [-0.05, 0) is 43.3 Å². The van der Waals surface area contributed by atoms with Crippen molar-refractivity contribution in [1.82, 2.24) is 0 Å². The molecule has 2 aromatic carbocycles. The second-order valence-electron chi connectivity index (χ2n) is 6.59. The standard InChI is InChI=1S/C20H22F3N3O3/c1-13(19(28)25-15-9-7-14(8-10-15)20(21,22)23)26(2)12-18(27)24-16-5-4-6-17(11-16)29-3/h4-11,13H,12H2,1-3H3,(H,24,27)(H,25,28)/p+1/t13-/m1/s1. The lowest BCUT2D eigenvalue weighted by Gasteiger charge is -2.20. The monoisotopic (exact) mass is 410 g/mol. The van der Waals surface area contributed by atoms with E-state index in [4.69, 9.17) is 4.74 Å². The summed E-state index contributed by atoms with van der Waals surface area (Å²) in [5.41, 5.74) is 0.0352. The van der Waals surface area contributed by atoms with Crippen LogP contribution in [0.2, 0.25) is 0 Å². The van der Waals surface area contributed by atoms with Crippen LogP contribution in [0.3, 0.4) is 0 Å². The van der Waals surface area contributed by atoms with Crippen molar-refractivity contribution in [2.75, 3.05) is 31.3 Å². The minimum absolute atomic E-state index is 0.0266. The molecule has 0 saturated heterocycles. The van der Waals surface area contributed by atoms with Gasteiger partial charge >= 0.3 is 6.18 Å². The first-order chi connectivity index (χ1) is 13.6. The zero-order chi connectivity index (χ0) is 21.6. The lowest BCUT2D eigenvalue weighted by molar-refractivity contribution is -0.885. The number of halogens is 3. The van der Waals surface area contributed by atoms with Gasteiger partial charge in [-0.2, -0.15) is 13.2 Å². The fraction of sp³-hybridized carbons (Fsp3) is 0.300. The van der Waals surface area contributed by atoms with Crippen LogP contribution >= 0.6 is 0 Å². The molecule has 0 aliphatic heterocycles. The summed E-state index contributed by atoms with van der Waals surface area (Å²) in [7, 11) is 3.21. The van der Waals surface area contributed by atoms with E-state index in [0.717, 1.165) is 12.1 Å². The highest BCUT2D eigenvalue weighted by molar-refractivity contribution is 5.94. The fourth-order valence-corrected chi connectivity index (χ4v) is 2.53. The maximum Gasteiger partial charge on any atom is 0.416 e. The number of ether oxygens (including phenoxy) is 1. The fourth-order valence-electron chi connectivity index (χ4n) is 2.53. The Hall–Kier alpha value is -3.07. The van der Waals surface area contributed by atoms with E-state index in [0.29, 0.717) is 16.3 Å². The Labute approximate surface area is 166 Å². The third kappa shape index (κ3) is 6.49. The molecule has 2 aromatic rings. The Bertz CT molecular complexity index is 854.